The van der Waals surface area contributed by atoms with Crippen molar-refractivity contribution < 1.29 is 19.7 Å². The van der Waals surface area contributed by atoms with Crippen LogP contribution in [-0.2, 0) is 9.53 Å². The molecular weight excluding hydrogens is 184 g/mol. The van der Waals surface area contributed by atoms with Crippen molar-refractivity contribution in [2.24, 2.45) is 11.3 Å². The minimum Gasteiger partial charge on any atom is -0.481 e. The van der Waals surface area contributed by atoms with E-state index in [-0.39, 0.29) is 11.8 Å². The third kappa shape index (κ3) is 2.25. The minimum atomic E-state index is -1.30. The maximum atomic E-state index is 11.0. The third-order valence-corrected chi connectivity index (χ3v) is 2.52. The molecular formula is C10H18O4. The monoisotopic (exact) mass is 202 g/mol. The number of aliphatic carboxylic acids is 1. The highest BCUT2D eigenvalue weighted by molar-refractivity contribution is 5.71. The third-order valence-electron chi connectivity index (χ3n) is 2.52. The van der Waals surface area contributed by atoms with E-state index in [1.165, 1.54) is 6.92 Å². The van der Waals surface area contributed by atoms with Crippen LogP contribution in [0.15, 0.2) is 0 Å². The molecule has 4 heteroatoms. The zero-order valence-electron chi connectivity index (χ0n) is 9.07. The van der Waals surface area contributed by atoms with E-state index in [9.17, 15) is 9.90 Å². The number of carboxylic acids is 1. The molecule has 1 fully saturated rings. The molecule has 0 radical (unpaired) electrons. The molecule has 2 N–H and O–H groups in total. The second kappa shape index (κ2) is 3.21. The molecule has 1 heterocycles. The number of aliphatic hydroxyl groups is 1. The molecule has 1 aliphatic heterocycles. The van der Waals surface area contributed by atoms with Gasteiger partial charge in [-0.05, 0) is 12.3 Å². The van der Waals surface area contributed by atoms with E-state index in [1.807, 2.05) is 20.8 Å². The van der Waals surface area contributed by atoms with Crippen molar-refractivity contribution in [1.29, 1.82) is 0 Å². The molecule has 0 aliphatic carbocycles. The summed E-state index contributed by atoms with van der Waals surface area (Å²) in [5.41, 5.74) is -0.274. The van der Waals surface area contributed by atoms with E-state index >= 15 is 0 Å². The van der Waals surface area contributed by atoms with Crippen LogP contribution < -0.4 is 0 Å². The van der Waals surface area contributed by atoms with Crippen LogP contribution in [0.4, 0.5) is 0 Å². The van der Waals surface area contributed by atoms with Crippen molar-refractivity contribution in [2.45, 2.75) is 46.0 Å². The van der Waals surface area contributed by atoms with E-state index < -0.39 is 23.8 Å². The van der Waals surface area contributed by atoms with Gasteiger partial charge < -0.3 is 14.9 Å². The highest BCUT2D eigenvalue weighted by Crippen LogP contribution is 2.41. The molecule has 0 amide bonds. The molecule has 0 spiro atoms. The summed E-state index contributed by atoms with van der Waals surface area (Å²) in [6.07, 6.45) is -0.278. The predicted octanol–water partition coefficient (Wildman–Crippen LogP) is 1.23. The number of carbonyl (C=O) groups is 1. The molecule has 0 aromatic rings. The number of carboxylic acid groups (broad SMARTS) is 1. The molecule has 0 aromatic carbocycles. The number of hydrogen-bond acceptors (Lipinski definition) is 3. The van der Waals surface area contributed by atoms with Crippen molar-refractivity contribution in [3.8, 4) is 0 Å². The van der Waals surface area contributed by atoms with Crippen molar-refractivity contribution in [3.05, 3.63) is 0 Å². The molecule has 3 atom stereocenters. The highest BCUT2D eigenvalue weighted by atomic mass is 16.6. The fourth-order valence-corrected chi connectivity index (χ4v) is 1.92. The van der Waals surface area contributed by atoms with Gasteiger partial charge in [0.1, 0.15) is 0 Å². The topological polar surface area (TPSA) is 66.8 Å². The van der Waals surface area contributed by atoms with Crippen molar-refractivity contribution in [3.63, 3.8) is 0 Å². The quantitative estimate of drug-likeness (QED) is 0.671. The van der Waals surface area contributed by atoms with Crippen LogP contribution in [0.3, 0.4) is 0 Å². The van der Waals surface area contributed by atoms with Gasteiger partial charge in [0.15, 0.2) is 5.79 Å². The Morgan fingerprint density at radius 1 is 1.50 bits per heavy atom. The molecule has 1 aliphatic rings. The van der Waals surface area contributed by atoms with Crippen LogP contribution in [0.25, 0.3) is 0 Å². The standard InChI is InChI=1S/C10H18O4/c1-9(2,3)7-6(8(11)12)5-10(4,13)14-7/h6-7,13H,5H2,1-4H3,(H,11,12)/t6-,7-,10?/m1/s1. The van der Waals surface area contributed by atoms with Gasteiger partial charge in [-0.1, -0.05) is 20.8 Å². The fourth-order valence-electron chi connectivity index (χ4n) is 1.92. The Labute approximate surface area is 83.9 Å². The average molecular weight is 202 g/mol. The molecule has 1 saturated heterocycles. The van der Waals surface area contributed by atoms with Gasteiger partial charge in [-0.3, -0.25) is 4.79 Å². The fraction of sp³-hybridized carbons (Fsp3) is 0.900. The van der Waals surface area contributed by atoms with E-state index in [0.29, 0.717) is 0 Å². The Morgan fingerprint density at radius 2 is 2.00 bits per heavy atom. The summed E-state index contributed by atoms with van der Waals surface area (Å²) in [5.74, 6) is -2.83. The zero-order chi connectivity index (χ0) is 11.1. The lowest BCUT2D eigenvalue weighted by Crippen LogP contribution is -2.36. The lowest BCUT2D eigenvalue weighted by atomic mass is 9.81. The Kier molecular flexibility index (Phi) is 2.63. The van der Waals surface area contributed by atoms with Gasteiger partial charge >= 0.3 is 5.97 Å². The largest absolute Gasteiger partial charge is 0.481 e. The van der Waals surface area contributed by atoms with Crippen LogP contribution in [0.2, 0.25) is 0 Å². The molecule has 0 saturated carbocycles. The summed E-state index contributed by atoms with van der Waals surface area (Å²) in [4.78, 5) is 11.0. The molecule has 1 rings (SSSR count). The van der Waals surface area contributed by atoms with Crippen LogP contribution >= 0.6 is 0 Å². The Morgan fingerprint density at radius 3 is 2.29 bits per heavy atom. The normalized spacial score (nSPS) is 38.6. The van der Waals surface area contributed by atoms with Gasteiger partial charge in [-0.2, -0.15) is 0 Å². The van der Waals surface area contributed by atoms with Gasteiger partial charge in [0.25, 0.3) is 0 Å². The van der Waals surface area contributed by atoms with Crippen LogP contribution in [-0.4, -0.2) is 28.1 Å². The first kappa shape index (κ1) is 11.5. The first-order chi connectivity index (χ1) is 6.13. The summed E-state index contributed by atoms with van der Waals surface area (Å²) in [6, 6.07) is 0. The smallest absolute Gasteiger partial charge is 0.309 e. The maximum Gasteiger partial charge on any atom is 0.309 e. The van der Waals surface area contributed by atoms with E-state index in [4.69, 9.17) is 9.84 Å². The van der Waals surface area contributed by atoms with Crippen molar-refractivity contribution in [1.82, 2.24) is 0 Å². The van der Waals surface area contributed by atoms with Crippen molar-refractivity contribution in [2.75, 3.05) is 0 Å². The first-order valence-electron chi connectivity index (χ1n) is 4.76. The average Bonchev–Trinajstić information content (AvgIpc) is 2.24. The van der Waals surface area contributed by atoms with Crippen molar-refractivity contribution >= 4 is 5.97 Å². The molecule has 14 heavy (non-hydrogen) atoms. The Hall–Kier alpha value is -0.610. The number of rotatable bonds is 1. The molecule has 4 nitrogen and oxygen atoms in total. The van der Waals surface area contributed by atoms with Gasteiger partial charge in [-0.15, -0.1) is 0 Å². The van der Waals surface area contributed by atoms with Gasteiger partial charge in [0.2, 0.25) is 0 Å². The molecule has 82 valence electrons. The van der Waals surface area contributed by atoms with E-state index in [2.05, 4.69) is 0 Å². The van der Waals surface area contributed by atoms with E-state index in [1.54, 1.807) is 0 Å². The molecule has 0 aromatic heterocycles. The summed E-state index contributed by atoms with van der Waals surface area (Å²) in [6.45, 7) is 7.24. The second-order valence-electron chi connectivity index (χ2n) is 5.23. The van der Waals surface area contributed by atoms with Gasteiger partial charge in [0.05, 0.1) is 12.0 Å². The lowest BCUT2D eigenvalue weighted by Gasteiger charge is -2.30. The molecule has 0 bridgehead atoms. The Balaban J connectivity index is 2.89. The minimum absolute atomic E-state index is 0.157. The highest BCUT2D eigenvalue weighted by Gasteiger charge is 2.50. The number of hydrogen-bond donors (Lipinski definition) is 2. The summed E-state index contributed by atoms with van der Waals surface area (Å²) in [7, 11) is 0. The Bertz CT molecular complexity index is 239. The summed E-state index contributed by atoms with van der Waals surface area (Å²) >= 11 is 0. The molecule has 1 unspecified atom stereocenters. The van der Waals surface area contributed by atoms with Gasteiger partial charge in [-0.25, -0.2) is 0 Å². The van der Waals surface area contributed by atoms with Crippen LogP contribution in [0, 0.1) is 11.3 Å². The van der Waals surface area contributed by atoms with Gasteiger partial charge in [0, 0.05) is 6.42 Å². The number of ether oxygens (including phenoxy) is 1. The zero-order valence-corrected chi connectivity index (χ0v) is 9.07. The summed E-state index contributed by atoms with van der Waals surface area (Å²) in [5, 5.41) is 18.7. The SMILES string of the molecule is CC1(O)C[C@@H](C(=O)O)[C@H](C(C)(C)C)O1. The van der Waals surface area contributed by atoms with Crippen LogP contribution in [0.1, 0.15) is 34.1 Å². The maximum absolute atomic E-state index is 11.0. The second-order valence-corrected chi connectivity index (χ2v) is 5.23. The lowest BCUT2D eigenvalue weighted by molar-refractivity contribution is -0.196. The van der Waals surface area contributed by atoms with E-state index in [0.717, 1.165) is 0 Å². The summed E-state index contributed by atoms with van der Waals surface area (Å²) < 4.78 is 5.36. The first-order valence-corrected chi connectivity index (χ1v) is 4.76. The van der Waals surface area contributed by atoms with Crippen LogP contribution in [0.5, 0.6) is 0 Å². The predicted molar refractivity (Wildman–Crippen MR) is 50.7 cm³/mol.